The zero-order chi connectivity index (χ0) is 14.9. The van der Waals surface area contributed by atoms with E-state index in [0.717, 1.165) is 25.7 Å². The molecule has 0 N–H and O–H groups in total. The zero-order valence-corrected chi connectivity index (χ0v) is 12.6. The summed E-state index contributed by atoms with van der Waals surface area (Å²) >= 11 is 0. The lowest BCUT2D eigenvalue weighted by Gasteiger charge is -2.12. The predicted molar refractivity (Wildman–Crippen MR) is 79.8 cm³/mol. The van der Waals surface area contributed by atoms with Crippen molar-refractivity contribution in [3.8, 4) is 0 Å². The number of hydrogen-bond acceptors (Lipinski definition) is 4. The van der Waals surface area contributed by atoms with E-state index in [0.29, 0.717) is 19.8 Å². The predicted octanol–water partition coefficient (Wildman–Crippen LogP) is 2.95. The van der Waals surface area contributed by atoms with Gasteiger partial charge in [-0.25, -0.2) is 0 Å². The molecule has 116 valence electrons. The summed E-state index contributed by atoms with van der Waals surface area (Å²) in [6.07, 6.45) is 3.69. The molecule has 2 atom stereocenters. The lowest BCUT2D eigenvalue weighted by Crippen LogP contribution is -2.16. The van der Waals surface area contributed by atoms with Gasteiger partial charge in [-0.1, -0.05) is 30.3 Å². The smallest absolute Gasteiger partial charge is 0.308 e. The Labute approximate surface area is 126 Å². The van der Waals surface area contributed by atoms with Crippen molar-refractivity contribution in [2.45, 2.75) is 38.4 Å². The third-order valence-electron chi connectivity index (χ3n) is 3.82. The van der Waals surface area contributed by atoms with Crippen molar-refractivity contribution in [2.75, 3.05) is 20.3 Å². The topological polar surface area (TPSA) is 44.8 Å². The van der Waals surface area contributed by atoms with Gasteiger partial charge in [-0.2, -0.15) is 0 Å². The van der Waals surface area contributed by atoms with Gasteiger partial charge in [-0.3, -0.25) is 4.79 Å². The number of carbonyl (C=O) groups is 1. The van der Waals surface area contributed by atoms with Crippen molar-refractivity contribution in [1.29, 1.82) is 0 Å². The summed E-state index contributed by atoms with van der Waals surface area (Å²) in [5, 5.41) is 0. The van der Waals surface area contributed by atoms with Crippen LogP contribution < -0.4 is 0 Å². The van der Waals surface area contributed by atoms with Gasteiger partial charge < -0.3 is 14.2 Å². The van der Waals surface area contributed by atoms with Crippen molar-refractivity contribution >= 4 is 5.97 Å². The number of esters is 1. The van der Waals surface area contributed by atoms with Crippen molar-refractivity contribution in [2.24, 2.45) is 5.92 Å². The third-order valence-corrected chi connectivity index (χ3v) is 3.82. The Morgan fingerprint density at radius 1 is 1.19 bits per heavy atom. The van der Waals surface area contributed by atoms with Crippen LogP contribution in [-0.2, 0) is 25.6 Å². The Morgan fingerprint density at radius 3 is 2.76 bits per heavy atom. The van der Waals surface area contributed by atoms with E-state index < -0.39 is 0 Å². The molecule has 1 aliphatic rings. The maximum Gasteiger partial charge on any atom is 0.308 e. The first kappa shape index (κ1) is 16.0. The molecule has 2 rings (SSSR count). The van der Waals surface area contributed by atoms with Crippen LogP contribution in [0.3, 0.4) is 0 Å². The quantitative estimate of drug-likeness (QED) is 0.546. The standard InChI is InChI=1S/C17H24O4/c1-19-17(18)15-8-9-16(12-15)21-11-5-10-20-13-14-6-3-2-4-7-14/h2-4,6-7,15-16H,5,8-13H2,1H3. The van der Waals surface area contributed by atoms with Crippen LogP contribution >= 0.6 is 0 Å². The highest BCUT2D eigenvalue weighted by molar-refractivity contribution is 5.72. The highest BCUT2D eigenvalue weighted by atomic mass is 16.5. The summed E-state index contributed by atoms with van der Waals surface area (Å²) in [5.41, 5.74) is 1.19. The average molecular weight is 292 g/mol. The molecule has 1 saturated carbocycles. The Bertz CT molecular complexity index is 418. The molecule has 2 unspecified atom stereocenters. The Balaban J connectivity index is 1.50. The zero-order valence-electron chi connectivity index (χ0n) is 12.6. The van der Waals surface area contributed by atoms with Gasteiger partial charge in [-0.15, -0.1) is 0 Å². The summed E-state index contributed by atoms with van der Waals surface area (Å²) < 4.78 is 16.2. The van der Waals surface area contributed by atoms with Crippen molar-refractivity contribution < 1.29 is 19.0 Å². The number of methoxy groups -OCH3 is 1. The van der Waals surface area contributed by atoms with E-state index in [2.05, 4.69) is 12.1 Å². The van der Waals surface area contributed by atoms with E-state index in [1.165, 1.54) is 12.7 Å². The third kappa shape index (κ3) is 5.48. The van der Waals surface area contributed by atoms with Gasteiger partial charge in [0.25, 0.3) is 0 Å². The van der Waals surface area contributed by atoms with Crippen molar-refractivity contribution in [3.05, 3.63) is 35.9 Å². The van der Waals surface area contributed by atoms with Crippen LogP contribution in [0.15, 0.2) is 30.3 Å². The van der Waals surface area contributed by atoms with E-state index in [4.69, 9.17) is 14.2 Å². The van der Waals surface area contributed by atoms with E-state index in [9.17, 15) is 4.79 Å². The molecule has 1 aromatic carbocycles. The normalized spacial score (nSPS) is 21.4. The molecule has 0 amide bonds. The van der Waals surface area contributed by atoms with Crippen molar-refractivity contribution in [1.82, 2.24) is 0 Å². The van der Waals surface area contributed by atoms with Gasteiger partial charge in [-0.05, 0) is 31.2 Å². The molecule has 4 nitrogen and oxygen atoms in total. The number of ether oxygens (including phenoxy) is 3. The van der Waals surface area contributed by atoms with Gasteiger partial charge in [0.2, 0.25) is 0 Å². The molecular weight excluding hydrogens is 268 g/mol. The highest BCUT2D eigenvalue weighted by Gasteiger charge is 2.30. The summed E-state index contributed by atoms with van der Waals surface area (Å²) in [6, 6.07) is 10.1. The lowest BCUT2D eigenvalue weighted by atomic mass is 10.1. The molecular formula is C17H24O4. The van der Waals surface area contributed by atoms with Crippen molar-refractivity contribution in [3.63, 3.8) is 0 Å². The summed E-state index contributed by atoms with van der Waals surface area (Å²) in [5.74, 6) is -0.0818. The van der Waals surface area contributed by atoms with Gasteiger partial charge in [0.05, 0.1) is 25.7 Å². The average Bonchev–Trinajstić information content (AvgIpc) is 3.00. The second kappa shape index (κ2) is 8.80. The number of rotatable bonds is 8. The first-order chi connectivity index (χ1) is 10.3. The maximum absolute atomic E-state index is 11.4. The molecule has 0 spiro atoms. The Kier molecular flexibility index (Phi) is 6.70. The van der Waals surface area contributed by atoms with Gasteiger partial charge in [0, 0.05) is 13.2 Å². The first-order valence-corrected chi connectivity index (χ1v) is 7.60. The Morgan fingerprint density at radius 2 is 2.00 bits per heavy atom. The fourth-order valence-electron chi connectivity index (χ4n) is 2.65. The number of hydrogen-bond donors (Lipinski definition) is 0. The van der Waals surface area contributed by atoms with Crippen LogP contribution in [0.4, 0.5) is 0 Å². The van der Waals surface area contributed by atoms with Gasteiger partial charge in [0.15, 0.2) is 0 Å². The van der Waals surface area contributed by atoms with E-state index in [-0.39, 0.29) is 18.0 Å². The SMILES string of the molecule is COC(=O)C1CCC(OCCCOCc2ccccc2)C1. The van der Waals surface area contributed by atoms with Crippen LogP contribution in [-0.4, -0.2) is 32.4 Å². The van der Waals surface area contributed by atoms with Crippen LogP contribution in [0.25, 0.3) is 0 Å². The number of carbonyl (C=O) groups excluding carboxylic acids is 1. The van der Waals surface area contributed by atoms with Crippen LogP contribution in [0.1, 0.15) is 31.2 Å². The fraction of sp³-hybridized carbons (Fsp3) is 0.588. The molecule has 1 fully saturated rings. The highest BCUT2D eigenvalue weighted by Crippen LogP contribution is 2.28. The molecule has 0 bridgehead atoms. The molecule has 0 aliphatic heterocycles. The lowest BCUT2D eigenvalue weighted by molar-refractivity contribution is -0.145. The minimum Gasteiger partial charge on any atom is -0.469 e. The minimum atomic E-state index is -0.104. The second-order valence-corrected chi connectivity index (χ2v) is 5.42. The Hall–Kier alpha value is -1.39. The summed E-state index contributed by atoms with van der Waals surface area (Å²) in [7, 11) is 1.45. The molecule has 0 radical (unpaired) electrons. The maximum atomic E-state index is 11.4. The van der Waals surface area contributed by atoms with Crippen LogP contribution in [0.5, 0.6) is 0 Å². The first-order valence-electron chi connectivity index (χ1n) is 7.60. The number of benzene rings is 1. The molecule has 0 aromatic heterocycles. The molecule has 0 heterocycles. The molecule has 1 aromatic rings. The largest absolute Gasteiger partial charge is 0.469 e. The van der Waals surface area contributed by atoms with E-state index in [1.807, 2.05) is 18.2 Å². The molecule has 0 saturated heterocycles. The summed E-state index contributed by atoms with van der Waals surface area (Å²) in [4.78, 5) is 11.4. The fourth-order valence-corrected chi connectivity index (χ4v) is 2.65. The minimum absolute atomic E-state index is 0.0225. The van der Waals surface area contributed by atoms with Crippen LogP contribution in [0.2, 0.25) is 0 Å². The second-order valence-electron chi connectivity index (χ2n) is 5.42. The van der Waals surface area contributed by atoms with Gasteiger partial charge >= 0.3 is 5.97 Å². The molecule has 1 aliphatic carbocycles. The summed E-state index contributed by atoms with van der Waals surface area (Å²) in [6.45, 7) is 2.03. The van der Waals surface area contributed by atoms with E-state index in [1.54, 1.807) is 0 Å². The molecule has 4 heteroatoms. The molecule has 21 heavy (non-hydrogen) atoms. The van der Waals surface area contributed by atoms with Gasteiger partial charge in [0.1, 0.15) is 0 Å². The monoisotopic (exact) mass is 292 g/mol. The van der Waals surface area contributed by atoms with Crippen LogP contribution in [0, 0.1) is 5.92 Å². The van der Waals surface area contributed by atoms with E-state index >= 15 is 0 Å².